The van der Waals surface area contributed by atoms with Crippen LogP contribution in [0, 0.1) is 0 Å². The molecular weight excluding hydrogens is 278 g/mol. The van der Waals surface area contributed by atoms with Gasteiger partial charge in [-0.2, -0.15) is 0 Å². The quantitative estimate of drug-likeness (QED) is 0.617. The Hall–Kier alpha value is -0.940. The van der Waals surface area contributed by atoms with Crippen molar-refractivity contribution < 1.29 is 9.53 Å². The monoisotopic (exact) mass is 287 g/mol. The van der Waals surface area contributed by atoms with Gasteiger partial charge in [-0.1, -0.05) is 15.9 Å². The van der Waals surface area contributed by atoms with Gasteiger partial charge in [0.05, 0.1) is 5.56 Å². The highest BCUT2D eigenvalue weighted by Gasteiger charge is 2.07. The molecule has 0 aliphatic carbocycles. The van der Waals surface area contributed by atoms with Crippen LogP contribution in [-0.2, 0) is 0 Å². The molecule has 15 heavy (non-hydrogen) atoms. The average molecular weight is 288 g/mol. The highest BCUT2D eigenvalue weighted by molar-refractivity contribution is 9.10. The van der Waals surface area contributed by atoms with Crippen molar-refractivity contribution in [2.45, 2.75) is 0 Å². The zero-order valence-corrected chi connectivity index (χ0v) is 10.8. The number of thiocarbonyl (C=S) groups is 1. The Morgan fingerprint density at radius 2 is 2.20 bits per heavy atom. The largest absolute Gasteiger partial charge is 0.431 e. The van der Waals surface area contributed by atoms with E-state index in [1.165, 1.54) is 0 Å². The third-order valence-electron chi connectivity index (χ3n) is 1.66. The lowest BCUT2D eigenvalue weighted by Crippen LogP contribution is -2.25. The Bertz CT molecular complexity index is 393. The molecule has 0 radical (unpaired) electrons. The fraction of sp³-hybridized carbons (Fsp3) is 0.200. The maximum absolute atomic E-state index is 10.8. The fourth-order valence-corrected chi connectivity index (χ4v) is 1.36. The van der Waals surface area contributed by atoms with Gasteiger partial charge >= 0.3 is 0 Å². The topological polar surface area (TPSA) is 29.5 Å². The molecule has 3 nitrogen and oxygen atoms in total. The van der Waals surface area contributed by atoms with Crippen LogP contribution in [0.2, 0.25) is 0 Å². The molecule has 0 atom stereocenters. The molecule has 0 spiro atoms. The molecule has 0 saturated carbocycles. The van der Waals surface area contributed by atoms with E-state index in [-0.39, 0.29) is 0 Å². The molecule has 0 aliphatic rings. The van der Waals surface area contributed by atoms with E-state index in [1.54, 1.807) is 37.2 Å². The van der Waals surface area contributed by atoms with Crippen molar-refractivity contribution in [3.63, 3.8) is 0 Å². The predicted octanol–water partition coefficient (Wildman–Crippen LogP) is 2.49. The summed E-state index contributed by atoms with van der Waals surface area (Å²) in [6.07, 6.45) is 0.734. The summed E-state index contributed by atoms with van der Waals surface area (Å²) >= 11 is 8.25. The molecule has 1 aromatic carbocycles. The van der Waals surface area contributed by atoms with E-state index < -0.39 is 0 Å². The Morgan fingerprint density at radius 3 is 2.73 bits per heavy atom. The third-order valence-corrected chi connectivity index (χ3v) is 2.60. The minimum Gasteiger partial charge on any atom is -0.431 e. The van der Waals surface area contributed by atoms with Gasteiger partial charge in [0.15, 0.2) is 6.29 Å². The molecular formula is C10H10BrNO2S. The fourth-order valence-electron chi connectivity index (χ4n) is 0.890. The van der Waals surface area contributed by atoms with Gasteiger partial charge < -0.3 is 9.64 Å². The van der Waals surface area contributed by atoms with Crippen LogP contribution in [0.3, 0.4) is 0 Å². The zero-order valence-electron chi connectivity index (χ0n) is 8.36. The number of nitrogens with zero attached hydrogens (tertiary/aromatic N) is 1. The van der Waals surface area contributed by atoms with Crippen LogP contribution in [-0.4, -0.2) is 30.5 Å². The molecule has 1 rings (SSSR count). The molecule has 0 aromatic heterocycles. The first kappa shape index (κ1) is 12.1. The Balaban J connectivity index is 2.94. The lowest BCUT2D eigenvalue weighted by molar-refractivity contribution is 0.112. The molecule has 0 saturated heterocycles. The molecule has 0 N–H and O–H groups in total. The first-order valence-corrected chi connectivity index (χ1v) is 5.38. The summed E-state index contributed by atoms with van der Waals surface area (Å²) < 4.78 is 6.18. The van der Waals surface area contributed by atoms with Crippen molar-refractivity contribution in [1.82, 2.24) is 4.90 Å². The van der Waals surface area contributed by atoms with Gasteiger partial charge in [-0.25, -0.2) is 0 Å². The summed E-state index contributed by atoms with van der Waals surface area (Å²) in [5.41, 5.74) is 0.466. The molecule has 0 aliphatic heterocycles. The van der Waals surface area contributed by atoms with E-state index in [2.05, 4.69) is 15.9 Å². The van der Waals surface area contributed by atoms with E-state index in [4.69, 9.17) is 17.0 Å². The molecule has 0 heterocycles. The highest BCUT2D eigenvalue weighted by Crippen LogP contribution is 2.22. The number of benzene rings is 1. The van der Waals surface area contributed by atoms with E-state index in [0.29, 0.717) is 16.5 Å². The van der Waals surface area contributed by atoms with Gasteiger partial charge in [0.25, 0.3) is 5.17 Å². The smallest absolute Gasteiger partial charge is 0.264 e. The van der Waals surface area contributed by atoms with E-state index >= 15 is 0 Å². The molecule has 0 bridgehead atoms. The number of aldehydes is 1. The molecule has 0 unspecified atom stereocenters. The Kier molecular flexibility index (Phi) is 4.23. The van der Waals surface area contributed by atoms with Crippen molar-refractivity contribution in [2.75, 3.05) is 14.1 Å². The number of halogens is 1. The first-order chi connectivity index (χ1) is 7.04. The zero-order chi connectivity index (χ0) is 11.4. The van der Waals surface area contributed by atoms with Gasteiger partial charge in [-0.05, 0) is 30.4 Å². The third kappa shape index (κ3) is 3.28. The minimum absolute atomic E-state index is 0.320. The first-order valence-electron chi connectivity index (χ1n) is 4.18. The van der Waals surface area contributed by atoms with Crippen molar-refractivity contribution in [2.24, 2.45) is 0 Å². The Morgan fingerprint density at radius 1 is 1.53 bits per heavy atom. The van der Waals surface area contributed by atoms with Crippen LogP contribution in [0.4, 0.5) is 0 Å². The molecule has 80 valence electrons. The predicted molar refractivity (Wildman–Crippen MR) is 66.4 cm³/mol. The standard InChI is InChI=1S/C10H10BrNO2S/c1-12(2)10(15)14-9-4-3-8(11)5-7(9)6-13/h3-6H,1-2H3. The van der Waals surface area contributed by atoms with Crippen molar-refractivity contribution in [3.8, 4) is 5.75 Å². The maximum atomic E-state index is 10.8. The number of hydrogen-bond donors (Lipinski definition) is 0. The SMILES string of the molecule is CN(C)C(=S)Oc1ccc(Br)cc1C=O. The lowest BCUT2D eigenvalue weighted by Gasteiger charge is -2.15. The highest BCUT2D eigenvalue weighted by atomic mass is 79.9. The van der Waals surface area contributed by atoms with Crippen molar-refractivity contribution >= 4 is 39.6 Å². The molecule has 5 heteroatoms. The summed E-state index contributed by atoms with van der Waals surface area (Å²) in [4.78, 5) is 12.4. The molecule has 1 aromatic rings. The summed E-state index contributed by atoms with van der Waals surface area (Å²) in [6.45, 7) is 0. The van der Waals surface area contributed by atoms with Crippen molar-refractivity contribution in [1.29, 1.82) is 0 Å². The minimum atomic E-state index is 0.320. The number of ether oxygens (including phenoxy) is 1. The van der Waals surface area contributed by atoms with Crippen LogP contribution >= 0.6 is 28.1 Å². The summed E-state index contributed by atoms with van der Waals surface area (Å²) in [6, 6.07) is 5.17. The summed E-state index contributed by atoms with van der Waals surface area (Å²) in [7, 11) is 3.56. The van der Waals surface area contributed by atoms with Gasteiger partial charge in [0.1, 0.15) is 5.75 Å². The van der Waals surface area contributed by atoms with E-state index in [9.17, 15) is 4.79 Å². The normalized spacial score (nSPS) is 9.53. The van der Waals surface area contributed by atoms with Crippen molar-refractivity contribution in [3.05, 3.63) is 28.2 Å². The maximum Gasteiger partial charge on any atom is 0.264 e. The number of rotatable bonds is 2. The number of hydrogen-bond acceptors (Lipinski definition) is 3. The van der Waals surface area contributed by atoms with Gasteiger partial charge in [0.2, 0.25) is 0 Å². The number of carbonyl (C=O) groups is 1. The molecule has 0 fully saturated rings. The van der Waals surface area contributed by atoms with Gasteiger partial charge in [-0.15, -0.1) is 0 Å². The lowest BCUT2D eigenvalue weighted by atomic mass is 10.2. The van der Waals surface area contributed by atoms with Gasteiger partial charge in [-0.3, -0.25) is 4.79 Å². The summed E-state index contributed by atoms with van der Waals surface area (Å²) in [5, 5.41) is 0.320. The second kappa shape index (κ2) is 5.23. The second-order valence-electron chi connectivity index (χ2n) is 3.06. The van der Waals surface area contributed by atoms with Crippen LogP contribution < -0.4 is 4.74 Å². The van der Waals surface area contributed by atoms with Crippen LogP contribution in [0.5, 0.6) is 5.75 Å². The van der Waals surface area contributed by atoms with E-state index in [1.807, 2.05) is 0 Å². The van der Waals surface area contributed by atoms with E-state index in [0.717, 1.165) is 10.8 Å². The van der Waals surface area contributed by atoms with Crippen LogP contribution in [0.1, 0.15) is 10.4 Å². The molecule has 0 amide bonds. The summed E-state index contributed by atoms with van der Waals surface area (Å²) in [5.74, 6) is 0.465. The second-order valence-corrected chi connectivity index (χ2v) is 4.33. The van der Waals surface area contributed by atoms with Crippen LogP contribution in [0.25, 0.3) is 0 Å². The van der Waals surface area contributed by atoms with Gasteiger partial charge in [0, 0.05) is 18.6 Å². The van der Waals surface area contributed by atoms with Crippen LogP contribution in [0.15, 0.2) is 22.7 Å². The average Bonchev–Trinajstić information content (AvgIpc) is 2.20. The Labute approximate surface area is 102 Å². The number of carbonyl (C=O) groups excluding carboxylic acids is 1.